The molecule has 5 rings (SSSR count). The number of H-pyrrole nitrogens is 1. The number of pyridine rings is 1. The molecule has 0 radical (unpaired) electrons. The van der Waals surface area contributed by atoms with E-state index in [1.54, 1.807) is 30.7 Å². The molecule has 232 valence electrons. The standard InChI is InChI=1S/C27H27ClF4N10O2/c1-44-26-35-9-15(10-36-26)14-2-7-21(33-8-14)42(27(43)37-13-20(29)30)17-5-3-16(4-6-17)39-25-34-11-18(24(31)32)22(40-25)23-19(28)12-38-41-23/h2,7-12,16-17,20,24H,3-6,13H2,1H3,(H,37,43)(H,38,41)(H,34,39,40). The van der Waals surface area contributed by atoms with Gasteiger partial charge in [0, 0.05) is 54.2 Å². The molecular weight excluding hydrogens is 608 g/mol. The number of carbonyl (C=O) groups is 1. The van der Waals surface area contributed by atoms with Gasteiger partial charge in [0.25, 0.3) is 12.9 Å². The number of rotatable bonds is 10. The van der Waals surface area contributed by atoms with Crippen LogP contribution in [0.1, 0.15) is 37.7 Å². The van der Waals surface area contributed by atoms with Crippen LogP contribution in [-0.4, -0.2) is 73.3 Å². The van der Waals surface area contributed by atoms with Crippen molar-refractivity contribution in [1.82, 2.24) is 40.4 Å². The van der Waals surface area contributed by atoms with Crippen LogP contribution in [-0.2, 0) is 0 Å². The third-order valence-electron chi connectivity index (χ3n) is 7.03. The van der Waals surface area contributed by atoms with Gasteiger partial charge in [-0.15, -0.1) is 0 Å². The number of nitrogens with one attached hydrogen (secondary N) is 3. The third-order valence-corrected chi connectivity index (χ3v) is 7.32. The molecule has 12 nitrogen and oxygen atoms in total. The molecule has 1 aliphatic rings. The average Bonchev–Trinajstić information content (AvgIpc) is 3.46. The molecule has 0 saturated heterocycles. The van der Waals surface area contributed by atoms with Crippen LogP contribution in [0.3, 0.4) is 0 Å². The fourth-order valence-electron chi connectivity index (χ4n) is 4.89. The van der Waals surface area contributed by atoms with Crippen molar-refractivity contribution in [2.75, 3.05) is 23.9 Å². The first-order chi connectivity index (χ1) is 21.2. The van der Waals surface area contributed by atoms with Crippen molar-refractivity contribution in [1.29, 1.82) is 0 Å². The number of ether oxygens (including phenoxy) is 1. The second-order valence-electron chi connectivity index (χ2n) is 9.84. The first-order valence-corrected chi connectivity index (χ1v) is 13.9. The number of nitrogens with zero attached hydrogens (tertiary/aromatic N) is 7. The normalized spacial score (nSPS) is 16.6. The molecule has 4 heterocycles. The molecular formula is C27H27ClF4N10O2. The number of hydrogen-bond donors (Lipinski definition) is 3. The van der Waals surface area contributed by atoms with E-state index in [1.807, 2.05) is 0 Å². The summed E-state index contributed by atoms with van der Waals surface area (Å²) in [6, 6.07) is 2.38. The molecule has 0 aliphatic heterocycles. The second-order valence-corrected chi connectivity index (χ2v) is 10.2. The number of methoxy groups -OCH3 is 1. The van der Waals surface area contributed by atoms with Crippen molar-refractivity contribution in [2.24, 2.45) is 0 Å². The Morgan fingerprint density at radius 2 is 1.75 bits per heavy atom. The summed E-state index contributed by atoms with van der Waals surface area (Å²) < 4.78 is 58.1. The molecule has 44 heavy (non-hydrogen) atoms. The van der Waals surface area contributed by atoms with Gasteiger partial charge in [-0.05, 0) is 37.8 Å². The number of aromatic nitrogens is 7. The van der Waals surface area contributed by atoms with E-state index in [-0.39, 0.29) is 46.3 Å². The highest BCUT2D eigenvalue weighted by Gasteiger charge is 2.32. The van der Waals surface area contributed by atoms with Crippen molar-refractivity contribution >= 4 is 29.4 Å². The minimum absolute atomic E-state index is 0.0830. The Labute approximate surface area is 253 Å². The topological polar surface area (TPSA) is 147 Å². The zero-order valence-corrected chi connectivity index (χ0v) is 24.0. The van der Waals surface area contributed by atoms with E-state index in [1.165, 1.54) is 18.2 Å². The summed E-state index contributed by atoms with van der Waals surface area (Å²) in [5.41, 5.74) is 0.948. The number of amides is 2. The minimum Gasteiger partial charge on any atom is -0.467 e. The molecule has 0 atom stereocenters. The van der Waals surface area contributed by atoms with Crippen LogP contribution >= 0.6 is 11.6 Å². The van der Waals surface area contributed by atoms with Gasteiger partial charge < -0.3 is 15.4 Å². The minimum atomic E-state index is -2.84. The predicted molar refractivity (Wildman–Crippen MR) is 153 cm³/mol. The van der Waals surface area contributed by atoms with Crippen LogP contribution in [0.2, 0.25) is 5.02 Å². The number of halogens is 5. The zero-order valence-electron chi connectivity index (χ0n) is 23.2. The van der Waals surface area contributed by atoms with Crippen molar-refractivity contribution in [3.63, 3.8) is 0 Å². The lowest BCUT2D eigenvalue weighted by Gasteiger charge is -2.36. The summed E-state index contributed by atoms with van der Waals surface area (Å²) in [4.78, 5) is 35.4. The van der Waals surface area contributed by atoms with Gasteiger partial charge >= 0.3 is 12.0 Å². The molecule has 1 aliphatic carbocycles. The van der Waals surface area contributed by atoms with Gasteiger partial charge in [0.1, 0.15) is 17.2 Å². The lowest BCUT2D eigenvalue weighted by Crippen LogP contribution is -2.50. The van der Waals surface area contributed by atoms with Crippen molar-refractivity contribution in [2.45, 2.75) is 50.6 Å². The van der Waals surface area contributed by atoms with Crippen molar-refractivity contribution < 1.29 is 27.1 Å². The van der Waals surface area contributed by atoms with Crippen LogP contribution in [0.25, 0.3) is 22.5 Å². The Kier molecular flexibility index (Phi) is 9.67. The molecule has 0 unspecified atom stereocenters. The van der Waals surface area contributed by atoms with Crippen LogP contribution in [0.15, 0.2) is 43.1 Å². The lowest BCUT2D eigenvalue weighted by molar-refractivity contribution is 0.146. The van der Waals surface area contributed by atoms with Crippen molar-refractivity contribution in [3.8, 4) is 28.5 Å². The summed E-state index contributed by atoms with van der Waals surface area (Å²) >= 11 is 6.09. The summed E-state index contributed by atoms with van der Waals surface area (Å²) in [5.74, 6) is 0.413. The van der Waals surface area contributed by atoms with Crippen molar-refractivity contribution in [3.05, 3.63) is 53.7 Å². The number of urea groups is 1. The average molecular weight is 635 g/mol. The Morgan fingerprint density at radius 3 is 2.34 bits per heavy atom. The maximum absolute atomic E-state index is 13.6. The fourth-order valence-corrected chi connectivity index (χ4v) is 5.07. The molecule has 0 aromatic carbocycles. The Hall–Kier alpha value is -4.60. The van der Waals surface area contributed by atoms with Crippen LogP contribution in [0.5, 0.6) is 6.01 Å². The highest BCUT2D eigenvalue weighted by molar-refractivity contribution is 6.32. The quantitative estimate of drug-likeness (QED) is 0.192. The van der Waals surface area contributed by atoms with E-state index >= 15 is 0 Å². The van der Waals surface area contributed by atoms with Gasteiger partial charge in [-0.3, -0.25) is 10.00 Å². The highest BCUT2D eigenvalue weighted by Crippen LogP contribution is 2.34. The van der Waals surface area contributed by atoms with Gasteiger partial charge in [-0.25, -0.2) is 47.3 Å². The summed E-state index contributed by atoms with van der Waals surface area (Å²) in [7, 11) is 1.46. The fraction of sp³-hybridized carbons (Fsp3) is 0.370. The molecule has 2 amide bonds. The molecule has 0 spiro atoms. The van der Waals surface area contributed by atoms with Gasteiger partial charge in [-0.2, -0.15) is 5.10 Å². The lowest BCUT2D eigenvalue weighted by atomic mass is 9.90. The van der Waals surface area contributed by atoms with E-state index < -0.39 is 31.0 Å². The van der Waals surface area contributed by atoms with Crippen LogP contribution in [0.4, 0.5) is 34.1 Å². The Bertz CT molecular complexity index is 1550. The smallest absolute Gasteiger partial charge is 0.323 e. The van der Waals surface area contributed by atoms with Crippen LogP contribution < -0.4 is 20.3 Å². The first kappa shape index (κ1) is 30.8. The first-order valence-electron chi connectivity index (χ1n) is 13.5. The van der Waals surface area contributed by atoms with E-state index in [0.29, 0.717) is 36.8 Å². The monoisotopic (exact) mass is 634 g/mol. The molecule has 4 aromatic heterocycles. The maximum atomic E-state index is 13.6. The van der Waals surface area contributed by atoms with Gasteiger partial charge in [0.15, 0.2) is 0 Å². The number of alkyl halides is 4. The molecule has 0 bridgehead atoms. The number of aromatic amines is 1. The maximum Gasteiger partial charge on any atom is 0.323 e. The molecule has 17 heteroatoms. The number of anilines is 2. The number of hydrogen-bond acceptors (Lipinski definition) is 9. The molecule has 4 aromatic rings. The van der Waals surface area contributed by atoms with E-state index in [9.17, 15) is 22.4 Å². The molecule has 1 saturated carbocycles. The SMILES string of the molecule is COc1ncc(-c2ccc(N(C(=O)NCC(F)F)C3CCC(Nc4ncc(C(F)F)c(-c5n[nH]cc5Cl)n4)CC3)nc2)cn1. The number of carbonyl (C=O) groups excluding carboxylic acids is 1. The summed E-state index contributed by atoms with van der Waals surface area (Å²) in [6.07, 6.45) is 3.60. The summed E-state index contributed by atoms with van der Waals surface area (Å²) in [6.45, 7) is -0.804. The Morgan fingerprint density at radius 1 is 1.02 bits per heavy atom. The predicted octanol–water partition coefficient (Wildman–Crippen LogP) is 5.52. The summed E-state index contributed by atoms with van der Waals surface area (Å²) in [5, 5.41) is 12.0. The zero-order chi connectivity index (χ0) is 31.2. The van der Waals surface area contributed by atoms with E-state index in [0.717, 1.165) is 6.20 Å². The van der Waals surface area contributed by atoms with Crippen LogP contribution in [0, 0.1) is 0 Å². The van der Waals surface area contributed by atoms with E-state index in [2.05, 4.69) is 45.8 Å². The molecule has 3 N–H and O–H groups in total. The van der Waals surface area contributed by atoms with Gasteiger partial charge in [0.2, 0.25) is 5.95 Å². The highest BCUT2D eigenvalue weighted by atomic mass is 35.5. The second kappa shape index (κ2) is 13.8. The third kappa shape index (κ3) is 7.12. The molecule has 1 fully saturated rings. The largest absolute Gasteiger partial charge is 0.467 e. The van der Waals surface area contributed by atoms with Gasteiger partial charge in [-0.1, -0.05) is 11.6 Å². The van der Waals surface area contributed by atoms with E-state index in [4.69, 9.17) is 16.3 Å². The Balaban J connectivity index is 1.30. The van der Waals surface area contributed by atoms with Gasteiger partial charge in [0.05, 0.1) is 24.2 Å².